The van der Waals surface area contributed by atoms with Gasteiger partial charge in [-0.05, 0) is 25.0 Å². The average Bonchev–Trinajstić information content (AvgIpc) is 3.06. The number of imidazole rings is 1. The van der Waals surface area contributed by atoms with Crippen molar-refractivity contribution in [2.45, 2.75) is 24.2 Å². The van der Waals surface area contributed by atoms with Crippen LogP contribution in [0.3, 0.4) is 0 Å². The van der Waals surface area contributed by atoms with Crippen molar-refractivity contribution in [3.8, 4) is 0 Å². The number of nitrogens with zero attached hydrogens (tertiary/aromatic N) is 3. The predicted molar refractivity (Wildman–Crippen MR) is 85.5 cm³/mol. The van der Waals surface area contributed by atoms with Crippen LogP contribution >= 0.6 is 11.6 Å². The van der Waals surface area contributed by atoms with E-state index in [0.29, 0.717) is 18.7 Å². The molecular formula is C15H18ClN3O2S. The quantitative estimate of drug-likeness (QED) is 0.863. The number of rotatable bonds is 3. The highest BCUT2D eigenvalue weighted by Crippen LogP contribution is 2.33. The Labute approximate surface area is 135 Å². The largest absolute Gasteiger partial charge is 0.338 e. The van der Waals surface area contributed by atoms with Gasteiger partial charge < -0.3 is 4.57 Å². The first-order chi connectivity index (χ1) is 10.4. The first kappa shape index (κ1) is 15.5. The Bertz CT molecular complexity index is 781. The topological polar surface area (TPSA) is 55.2 Å². The van der Waals surface area contributed by atoms with Gasteiger partial charge >= 0.3 is 0 Å². The highest BCUT2D eigenvalue weighted by Gasteiger charge is 2.36. The van der Waals surface area contributed by atoms with Gasteiger partial charge in [0.05, 0.1) is 5.02 Å². The molecule has 0 N–H and O–H groups in total. The summed E-state index contributed by atoms with van der Waals surface area (Å²) >= 11 is 6.13. The molecule has 0 amide bonds. The van der Waals surface area contributed by atoms with Gasteiger partial charge in [-0.2, -0.15) is 4.31 Å². The summed E-state index contributed by atoms with van der Waals surface area (Å²) in [4.78, 5) is 4.56. The van der Waals surface area contributed by atoms with Crippen molar-refractivity contribution in [3.05, 3.63) is 47.0 Å². The second kappa shape index (κ2) is 5.68. The molecule has 2 heterocycles. The molecule has 1 fully saturated rings. The van der Waals surface area contributed by atoms with Gasteiger partial charge in [0.2, 0.25) is 10.0 Å². The molecule has 3 rings (SSSR count). The van der Waals surface area contributed by atoms with Gasteiger partial charge in [0.15, 0.2) is 0 Å². The summed E-state index contributed by atoms with van der Waals surface area (Å²) in [5.41, 5.74) is 0.674. The molecule has 0 saturated carbocycles. The molecule has 2 aromatic rings. The highest BCUT2D eigenvalue weighted by molar-refractivity contribution is 7.89. The summed E-state index contributed by atoms with van der Waals surface area (Å²) in [5, 5.41) is 0.278. The van der Waals surface area contributed by atoms with Crippen LogP contribution in [0.4, 0.5) is 0 Å². The third-order valence-electron chi connectivity index (χ3n) is 4.14. The van der Waals surface area contributed by atoms with Crippen molar-refractivity contribution in [3.63, 3.8) is 0 Å². The maximum absolute atomic E-state index is 12.9. The summed E-state index contributed by atoms with van der Waals surface area (Å²) < 4.78 is 29.2. The molecule has 7 heteroatoms. The summed E-state index contributed by atoms with van der Waals surface area (Å²) in [6, 6.07) is 5.15. The second-order valence-corrected chi connectivity index (χ2v) is 7.91. The van der Waals surface area contributed by atoms with Gasteiger partial charge in [0, 0.05) is 38.4 Å². The Kier molecular flexibility index (Phi) is 4.01. The number of hydrogen-bond donors (Lipinski definition) is 0. The van der Waals surface area contributed by atoms with E-state index in [1.54, 1.807) is 31.3 Å². The van der Waals surface area contributed by atoms with Crippen LogP contribution in [0.1, 0.15) is 23.7 Å². The fourth-order valence-electron chi connectivity index (χ4n) is 3.00. The van der Waals surface area contributed by atoms with E-state index in [-0.39, 0.29) is 15.8 Å². The van der Waals surface area contributed by atoms with Crippen molar-refractivity contribution in [1.29, 1.82) is 0 Å². The van der Waals surface area contributed by atoms with Crippen LogP contribution in [0, 0.1) is 6.92 Å². The summed E-state index contributed by atoms with van der Waals surface area (Å²) in [6.45, 7) is 2.70. The minimum atomic E-state index is -3.57. The molecule has 118 valence electrons. The van der Waals surface area contributed by atoms with Crippen LogP contribution in [0.15, 0.2) is 35.5 Å². The van der Waals surface area contributed by atoms with Crippen LogP contribution in [-0.2, 0) is 17.1 Å². The summed E-state index contributed by atoms with van der Waals surface area (Å²) in [6.07, 6.45) is 4.39. The van der Waals surface area contributed by atoms with Crippen LogP contribution in [0.5, 0.6) is 0 Å². The summed E-state index contributed by atoms with van der Waals surface area (Å²) in [7, 11) is -1.64. The molecule has 0 aliphatic carbocycles. The molecule has 1 aromatic heterocycles. The van der Waals surface area contributed by atoms with E-state index in [0.717, 1.165) is 12.2 Å². The number of aromatic nitrogens is 2. The Morgan fingerprint density at radius 3 is 2.77 bits per heavy atom. The van der Waals surface area contributed by atoms with Crippen molar-refractivity contribution in [1.82, 2.24) is 13.9 Å². The molecule has 22 heavy (non-hydrogen) atoms. The highest BCUT2D eigenvalue weighted by atomic mass is 35.5. The monoisotopic (exact) mass is 339 g/mol. The minimum absolute atomic E-state index is 0.123. The van der Waals surface area contributed by atoms with Crippen LogP contribution in [0.25, 0.3) is 0 Å². The molecule has 0 radical (unpaired) electrons. The molecular weight excluding hydrogens is 322 g/mol. The van der Waals surface area contributed by atoms with Crippen LogP contribution < -0.4 is 0 Å². The third-order valence-corrected chi connectivity index (χ3v) is 6.63. The molecule has 0 bridgehead atoms. The fourth-order valence-corrected chi connectivity index (χ4v) is 5.28. The predicted octanol–water partition coefficient (Wildman–Crippen LogP) is 2.56. The molecule has 1 aliphatic heterocycles. The Morgan fingerprint density at radius 1 is 1.36 bits per heavy atom. The van der Waals surface area contributed by atoms with E-state index in [4.69, 9.17) is 11.6 Å². The molecule has 1 unspecified atom stereocenters. The van der Waals surface area contributed by atoms with E-state index in [9.17, 15) is 8.42 Å². The molecule has 5 nitrogen and oxygen atoms in total. The maximum atomic E-state index is 12.9. The van der Waals surface area contributed by atoms with Crippen molar-refractivity contribution >= 4 is 21.6 Å². The molecule has 1 aromatic carbocycles. The van der Waals surface area contributed by atoms with E-state index >= 15 is 0 Å². The number of sulfonamides is 1. The van der Waals surface area contributed by atoms with Gasteiger partial charge in [-0.3, -0.25) is 0 Å². The summed E-state index contributed by atoms with van der Waals surface area (Å²) in [5.74, 6) is 1.05. The minimum Gasteiger partial charge on any atom is -0.338 e. The number of hydrogen-bond acceptors (Lipinski definition) is 3. The lowest BCUT2D eigenvalue weighted by Gasteiger charge is -2.19. The first-order valence-electron chi connectivity index (χ1n) is 7.13. The average molecular weight is 340 g/mol. The van der Waals surface area contributed by atoms with Gasteiger partial charge in [0.1, 0.15) is 10.7 Å². The number of halogens is 1. The Morgan fingerprint density at radius 2 is 2.14 bits per heavy atom. The SMILES string of the molecule is Cc1cccc(Cl)c1S(=O)(=O)N1CCC(c2nccn2C)C1. The third kappa shape index (κ3) is 2.55. The second-order valence-electron chi connectivity index (χ2n) is 5.63. The van der Waals surface area contributed by atoms with E-state index < -0.39 is 10.0 Å². The molecule has 1 aliphatic rings. The Hall–Kier alpha value is -1.37. The molecule has 1 atom stereocenters. The molecule has 1 saturated heterocycles. The van der Waals surface area contributed by atoms with Gasteiger partial charge in [0.25, 0.3) is 0 Å². The zero-order valence-electron chi connectivity index (χ0n) is 12.5. The zero-order chi connectivity index (χ0) is 15.9. The normalized spacial score (nSPS) is 19.7. The lowest BCUT2D eigenvalue weighted by Crippen LogP contribution is -2.29. The molecule has 0 spiro atoms. The zero-order valence-corrected chi connectivity index (χ0v) is 14.1. The Balaban J connectivity index is 1.91. The van der Waals surface area contributed by atoms with E-state index in [1.807, 2.05) is 17.8 Å². The van der Waals surface area contributed by atoms with Gasteiger partial charge in [-0.25, -0.2) is 13.4 Å². The van der Waals surface area contributed by atoms with Crippen LogP contribution in [-0.4, -0.2) is 35.4 Å². The first-order valence-corrected chi connectivity index (χ1v) is 8.95. The lowest BCUT2D eigenvalue weighted by molar-refractivity contribution is 0.469. The lowest BCUT2D eigenvalue weighted by atomic mass is 10.1. The number of benzene rings is 1. The van der Waals surface area contributed by atoms with Gasteiger partial charge in [-0.1, -0.05) is 23.7 Å². The van der Waals surface area contributed by atoms with E-state index in [2.05, 4.69) is 4.98 Å². The van der Waals surface area contributed by atoms with E-state index in [1.165, 1.54) is 4.31 Å². The standard InChI is InChI=1S/C15H18ClN3O2S/c1-11-4-3-5-13(16)14(11)22(20,21)19-8-6-12(10-19)15-17-7-9-18(15)2/h3-5,7,9,12H,6,8,10H2,1-2H3. The maximum Gasteiger partial charge on any atom is 0.244 e. The fraction of sp³-hybridized carbons (Fsp3) is 0.400. The van der Waals surface area contributed by atoms with Gasteiger partial charge in [-0.15, -0.1) is 0 Å². The van der Waals surface area contributed by atoms with Crippen LogP contribution in [0.2, 0.25) is 5.02 Å². The smallest absolute Gasteiger partial charge is 0.244 e. The van der Waals surface area contributed by atoms with Crippen molar-refractivity contribution < 1.29 is 8.42 Å². The van der Waals surface area contributed by atoms with Crippen molar-refractivity contribution in [2.75, 3.05) is 13.1 Å². The van der Waals surface area contributed by atoms with Crippen molar-refractivity contribution in [2.24, 2.45) is 7.05 Å². The number of aryl methyl sites for hydroxylation is 2.